The van der Waals surface area contributed by atoms with Crippen LogP contribution in [0.3, 0.4) is 0 Å². The van der Waals surface area contributed by atoms with Crippen LogP contribution in [0.25, 0.3) is 11.0 Å². The lowest BCUT2D eigenvalue weighted by Gasteiger charge is -2.18. The zero-order chi connectivity index (χ0) is 22.9. The molecule has 3 aromatic carbocycles. The Morgan fingerprint density at radius 1 is 1.09 bits per heavy atom. The standard InChI is InChI=1S/C25H18Cl2N4O2/c26-18-3-5-20(27)17(10-18)13-31-23-9-15(12-28)1-6-22(23)29-24(31)14-33-19-4-7-21-16(11-19)2-8-25(32)30-21/h1,3-7,9-11H,2,8,13-14H2,(H,30,32). The second-order valence-corrected chi connectivity index (χ2v) is 8.66. The fraction of sp³-hybridized carbons (Fsp3) is 0.160. The smallest absolute Gasteiger partial charge is 0.224 e. The zero-order valence-corrected chi connectivity index (χ0v) is 19.0. The molecule has 6 nitrogen and oxygen atoms in total. The van der Waals surface area contributed by atoms with Crippen molar-refractivity contribution in [2.45, 2.75) is 26.0 Å². The number of hydrogen-bond donors (Lipinski definition) is 1. The number of aryl methyl sites for hydroxylation is 1. The number of ether oxygens (including phenoxy) is 1. The fourth-order valence-electron chi connectivity index (χ4n) is 3.96. The molecule has 1 aliphatic rings. The summed E-state index contributed by atoms with van der Waals surface area (Å²) in [5, 5.41) is 13.4. The van der Waals surface area contributed by atoms with E-state index in [9.17, 15) is 10.1 Å². The van der Waals surface area contributed by atoms with Crippen molar-refractivity contribution in [3.8, 4) is 11.8 Å². The summed E-state index contributed by atoms with van der Waals surface area (Å²) in [7, 11) is 0. The van der Waals surface area contributed by atoms with Gasteiger partial charge in [-0.15, -0.1) is 0 Å². The average Bonchev–Trinajstić information content (AvgIpc) is 3.16. The Morgan fingerprint density at radius 3 is 2.82 bits per heavy atom. The van der Waals surface area contributed by atoms with Crippen LogP contribution in [0.1, 0.15) is 28.9 Å². The largest absolute Gasteiger partial charge is 0.486 e. The lowest BCUT2D eigenvalue weighted by molar-refractivity contribution is -0.116. The third-order valence-electron chi connectivity index (χ3n) is 5.63. The molecular formula is C25H18Cl2N4O2. The van der Waals surface area contributed by atoms with Gasteiger partial charge in [0.15, 0.2) is 0 Å². The van der Waals surface area contributed by atoms with Crippen molar-refractivity contribution in [2.75, 3.05) is 5.32 Å². The van der Waals surface area contributed by atoms with Crippen molar-refractivity contribution >= 4 is 45.8 Å². The molecule has 2 heterocycles. The summed E-state index contributed by atoms with van der Waals surface area (Å²) in [6.45, 7) is 0.652. The van der Waals surface area contributed by atoms with E-state index in [0.717, 1.165) is 27.8 Å². The number of carbonyl (C=O) groups is 1. The summed E-state index contributed by atoms with van der Waals surface area (Å²) < 4.78 is 8.08. The Kier molecular flexibility index (Phi) is 5.67. The molecule has 0 radical (unpaired) electrons. The molecule has 0 bridgehead atoms. The van der Waals surface area contributed by atoms with Crippen LogP contribution in [0.4, 0.5) is 5.69 Å². The van der Waals surface area contributed by atoms with Crippen LogP contribution in [0, 0.1) is 11.3 Å². The Balaban J connectivity index is 1.48. The van der Waals surface area contributed by atoms with E-state index in [1.165, 1.54) is 0 Å². The summed E-state index contributed by atoms with van der Waals surface area (Å²) in [5.41, 5.74) is 4.84. The van der Waals surface area contributed by atoms with Gasteiger partial charge in [0.05, 0.1) is 29.2 Å². The van der Waals surface area contributed by atoms with Crippen molar-refractivity contribution in [3.63, 3.8) is 0 Å². The lowest BCUT2D eigenvalue weighted by Crippen LogP contribution is -2.18. The van der Waals surface area contributed by atoms with Crippen LogP contribution in [0.5, 0.6) is 5.75 Å². The van der Waals surface area contributed by atoms with Gasteiger partial charge >= 0.3 is 0 Å². The number of rotatable bonds is 5. The summed E-state index contributed by atoms with van der Waals surface area (Å²) in [6.07, 6.45) is 1.15. The molecule has 0 spiro atoms. The number of nitriles is 1. The van der Waals surface area contributed by atoms with Gasteiger partial charge in [0.1, 0.15) is 18.2 Å². The summed E-state index contributed by atoms with van der Waals surface area (Å²) >= 11 is 12.6. The molecule has 0 unspecified atom stereocenters. The van der Waals surface area contributed by atoms with Crippen LogP contribution in [0.15, 0.2) is 54.6 Å². The third-order valence-corrected chi connectivity index (χ3v) is 6.24. The number of imidazole rings is 1. The topological polar surface area (TPSA) is 79.9 Å². The molecule has 0 fully saturated rings. The predicted octanol–water partition coefficient (Wildman–Crippen LogP) is 5.73. The quantitative estimate of drug-likeness (QED) is 0.398. The SMILES string of the molecule is N#Cc1ccc2nc(COc3ccc4c(c3)CCC(=O)N4)n(Cc3cc(Cl)ccc3Cl)c2c1. The minimum atomic E-state index is 0.0290. The molecule has 1 aromatic heterocycles. The molecule has 0 atom stereocenters. The van der Waals surface area contributed by atoms with Gasteiger partial charge in [0, 0.05) is 22.2 Å². The van der Waals surface area contributed by atoms with Gasteiger partial charge in [-0.3, -0.25) is 4.79 Å². The van der Waals surface area contributed by atoms with Crippen molar-refractivity contribution < 1.29 is 9.53 Å². The summed E-state index contributed by atoms with van der Waals surface area (Å²) in [5.74, 6) is 1.42. The van der Waals surface area contributed by atoms with Gasteiger partial charge in [0.2, 0.25) is 5.91 Å². The second-order valence-electron chi connectivity index (χ2n) is 7.82. The number of halogens is 2. The maximum Gasteiger partial charge on any atom is 0.224 e. The minimum absolute atomic E-state index is 0.0290. The Bertz CT molecular complexity index is 1440. The van der Waals surface area contributed by atoms with Gasteiger partial charge in [-0.05, 0) is 72.1 Å². The number of amides is 1. The predicted molar refractivity (Wildman–Crippen MR) is 128 cm³/mol. The van der Waals surface area contributed by atoms with E-state index >= 15 is 0 Å². The summed E-state index contributed by atoms with van der Waals surface area (Å²) in [4.78, 5) is 16.3. The average molecular weight is 477 g/mol. The zero-order valence-electron chi connectivity index (χ0n) is 17.4. The first-order valence-electron chi connectivity index (χ1n) is 10.4. The molecule has 8 heteroatoms. The van der Waals surface area contributed by atoms with Gasteiger partial charge in [0.25, 0.3) is 0 Å². The first-order valence-corrected chi connectivity index (χ1v) is 11.1. The highest BCUT2D eigenvalue weighted by atomic mass is 35.5. The number of anilines is 1. The Labute approximate surface area is 200 Å². The molecule has 1 aliphatic heterocycles. The van der Waals surface area contributed by atoms with Crippen LogP contribution >= 0.6 is 23.2 Å². The maximum atomic E-state index is 11.6. The number of fused-ring (bicyclic) bond motifs is 2. The van der Waals surface area contributed by atoms with Crippen molar-refractivity contribution in [1.29, 1.82) is 5.26 Å². The van der Waals surface area contributed by atoms with E-state index in [2.05, 4.69) is 11.4 Å². The van der Waals surface area contributed by atoms with E-state index in [1.807, 2.05) is 41.0 Å². The van der Waals surface area contributed by atoms with Gasteiger partial charge in [-0.25, -0.2) is 4.98 Å². The maximum absolute atomic E-state index is 11.6. The molecule has 0 aliphatic carbocycles. The molecule has 33 heavy (non-hydrogen) atoms. The molecule has 1 amide bonds. The van der Waals surface area contributed by atoms with Gasteiger partial charge in [-0.2, -0.15) is 5.26 Å². The number of aromatic nitrogens is 2. The van der Waals surface area contributed by atoms with Crippen LogP contribution in [0.2, 0.25) is 10.0 Å². The lowest BCUT2D eigenvalue weighted by atomic mass is 10.0. The highest BCUT2D eigenvalue weighted by molar-refractivity contribution is 6.33. The first kappa shape index (κ1) is 21.3. The first-order chi connectivity index (χ1) is 16.0. The van der Waals surface area contributed by atoms with Crippen LogP contribution in [-0.4, -0.2) is 15.5 Å². The molecule has 164 valence electrons. The fourth-order valence-corrected chi connectivity index (χ4v) is 4.33. The van der Waals surface area contributed by atoms with E-state index < -0.39 is 0 Å². The minimum Gasteiger partial charge on any atom is -0.486 e. The highest BCUT2D eigenvalue weighted by Gasteiger charge is 2.17. The van der Waals surface area contributed by atoms with Crippen LogP contribution < -0.4 is 10.1 Å². The normalized spacial score (nSPS) is 12.8. The monoisotopic (exact) mass is 476 g/mol. The van der Waals surface area contributed by atoms with Crippen molar-refractivity contribution in [1.82, 2.24) is 9.55 Å². The third kappa shape index (κ3) is 4.38. The Morgan fingerprint density at radius 2 is 1.97 bits per heavy atom. The number of nitrogens with one attached hydrogen (secondary N) is 1. The number of benzene rings is 3. The molecule has 0 saturated carbocycles. The van der Waals surface area contributed by atoms with Crippen molar-refractivity contribution in [3.05, 3.63) is 87.2 Å². The van der Waals surface area contributed by atoms with E-state index in [4.69, 9.17) is 32.9 Å². The number of carbonyl (C=O) groups excluding carboxylic acids is 1. The van der Waals surface area contributed by atoms with Crippen molar-refractivity contribution in [2.24, 2.45) is 0 Å². The second kappa shape index (κ2) is 8.78. The van der Waals surface area contributed by atoms with E-state index in [0.29, 0.717) is 46.6 Å². The molecule has 1 N–H and O–H groups in total. The number of nitrogens with zero attached hydrogens (tertiary/aromatic N) is 3. The molecule has 0 saturated heterocycles. The number of hydrogen-bond acceptors (Lipinski definition) is 4. The van der Waals surface area contributed by atoms with Crippen LogP contribution in [-0.2, 0) is 24.4 Å². The van der Waals surface area contributed by atoms with Gasteiger partial charge < -0.3 is 14.6 Å². The Hall–Kier alpha value is -3.53. The van der Waals surface area contributed by atoms with Gasteiger partial charge in [-0.1, -0.05) is 23.2 Å². The molecular weight excluding hydrogens is 459 g/mol. The molecule has 4 aromatic rings. The van der Waals surface area contributed by atoms with E-state index in [-0.39, 0.29) is 12.5 Å². The molecule has 5 rings (SSSR count). The highest BCUT2D eigenvalue weighted by Crippen LogP contribution is 2.29. The summed E-state index contributed by atoms with van der Waals surface area (Å²) in [6, 6.07) is 18.5. The van der Waals surface area contributed by atoms with E-state index in [1.54, 1.807) is 18.2 Å².